The number of nitrogens with zero attached hydrogens (tertiary/aromatic N) is 1. The van der Waals surface area contributed by atoms with Gasteiger partial charge in [-0.3, -0.25) is 0 Å². The monoisotopic (exact) mass is 303 g/mol. The van der Waals surface area contributed by atoms with Crippen LogP contribution in [-0.4, -0.2) is 45.4 Å². The largest absolute Gasteiger partial charge is 0.319 e. The van der Waals surface area contributed by atoms with E-state index in [1.54, 1.807) is 4.31 Å². The molecule has 0 aromatic rings. The summed E-state index contributed by atoms with van der Waals surface area (Å²) in [6, 6.07) is 0.0321. The average molecular weight is 303 g/mol. The van der Waals surface area contributed by atoms with Gasteiger partial charge in [0.05, 0.1) is 0 Å². The van der Waals surface area contributed by atoms with Gasteiger partial charge in [-0.1, -0.05) is 27.7 Å². The Labute approximate surface area is 123 Å². The molecule has 0 aromatic heterocycles. The highest BCUT2D eigenvalue weighted by atomic mass is 32.2. The maximum absolute atomic E-state index is 12.6. The van der Waals surface area contributed by atoms with Crippen LogP contribution in [0, 0.1) is 16.7 Å². The second-order valence-corrected chi connectivity index (χ2v) is 9.13. The molecule has 1 saturated carbocycles. The predicted octanol–water partition coefficient (Wildman–Crippen LogP) is 1.19. The van der Waals surface area contributed by atoms with E-state index in [-0.39, 0.29) is 16.9 Å². The summed E-state index contributed by atoms with van der Waals surface area (Å²) in [5, 5.41) is 3.15. The van der Waals surface area contributed by atoms with Crippen LogP contribution in [0.25, 0.3) is 0 Å². The van der Waals surface area contributed by atoms with Crippen molar-refractivity contribution in [3.05, 3.63) is 0 Å². The molecule has 20 heavy (non-hydrogen) atoms. The van der Waals surface area contributed by atoms with Crippen LogP contribution < -0.4 is 10.0 Å². The van der Waals surface area contributed by atoms with E-state index in [0.29, 0.717) is 19.0 Å². The zero-order valence-corrected chi connectivity index (χ0v) is 14.2. The van der Waals surface area contributed by atoms with Crippen molar-refractivity contribution in [3.8, 4) is 0 Å². The Hall–Kier alpha value is -0.170. The summed E-state index contributed by atoms with van der Waals surface area (Å²) in [6.07, 6.45) is 2.05. The minimum atomic E-state index is -3.36. The number of hydrogen-bond donors (Lipinski definition) is 2. The molecule has 6 heteroatoms. The predicted molar refractivity (Wildman–Crippen MR) is 81.6 cm³/mol. The SMILES string of the molecule is CNCC1CCCN(S(=O)(=O)NC2C(C)(C)C2(C)C)C1. The smallest absolute Gasteiger partial charge is 0.279 e. The van der Waals surface area contributed by atoms with E-state index in [1.807, 2.05) is 7.05 Å². The quantitative estimate of drug-likeness (QED) is 0.802. The zero-order valence-electron chi connectivity index (χ0n) is 13.4. The molecule has 1 aliphatic heterocycles. The van der Waals surface area contributed by atoms with Crippen molar-refractivity contribution in [1.82, 2.24) is 14.3 Å². The first-order chi connectivity index (χ1) is 9.13. The molecule has 1 atom stereocenters. The van der Waals surface area contributed by atoms with Crippen LogP contribution in [-0.2, 0) is 10.2 Å². The summed E-state index contributed by atoms with van der Waals surface area (Å²) in [7, 11) is -1.44. The summed E-state index contributed by atoms with van der Waals surface area (Å²) in [5.41, 5.74) is 0.0560. The molecular formula is C14H29N3O2S. The van der Waals surface area contributed by atoms with Gasteiger partial charge in [0.2, 0.25) is 0 Å². The minimum Gasteiger partial charge on any atom is -0.319 e. The Balaban J connectivity index is 2.01. The molecule has 2 fully saturated rings. The van der Waals surface area contributed by atoms with Gasteiger partial charge in [0.15, 0.2) is 0 Å². The molecule has 0 spiro atoms. The third-order valence-corrected chi connectivity index (χ3v) is 7.15. The Morgan fingerprint density at radius 1 is 1.20 bits per heavy atom. The highest BCUT2D eigenvalue weighted by molar-refractivity contribution is 7.87. The highest BCUT2D eigenvalue weighted by Gasteiger charge is 2.66. The molecule has 0 bridgehead atoms. The molecular weight excluding hydrogens is 274 g/mol. The van der Waals surface area contributed by atoms with Crippen LogP contribution >= 0.6 is 0 Å². The van der Waals surface area contributed by atoms with Crippen molar-refractivity contribution >= 4 is 10.2 Å². The second kappa shape index (κ2) is 5.23. The lowest BCUT2D eigenvalue weighted by atomic mass is 10.00. The molecule has 2 rings (SSSR count). The minimum absolute atomic E-state index is 0.0280. The second-order valence-electron chi connectivity index (χ2n) is 7.42. The summed E-state index contributed by atoms with van der Waals surface area (Å²) in [6.45, 7) is 10.7. The first-order valence-corrected chi connectivity index (χ1v) is 8.99. The summed E-state index contributed by atoms with van der Waals surface area (Å²) >= 11 is 0. The van der Waals surface area contributed by atoms with Crippen molar-refractivity contribution < 1.29 is 8.42 Å². The van der Waals surface area contributed by atoms with E-state index in [1.165, 1.54) is 0 Å². The summed E-state index contributed by atoms with van der Waals surface area (Å²) < 4.78 is 29.7. The van der Waals surface area contributed by atoms with Crippen LogP contribution in [0.4, 0.5) is 0 Å². The van der Waals surface area contributed by atoms with Gasteiger partial charge >= 0.3 is 0 Å². The van der Waals surface area contributed by atoms with Crippen LogP contribution in [0.3, 0.4) is 0 Å². The number of piperidine rings is 1. The van der Waals surface area contributed by atoms with Crippen LogP contribution in [0.1, 0.15) is 40.5 Å². The van der Waals surface area contributed by atoms with Crippen LogP contribution in [0.2, 0.25) is 0 Å². The first kappa shape index (κ1) is 16.2. The Morgan fingerprint density at radius 2 is 1.80 bits per heavy atom. The van der Waals surface area contributed by atoms with Gasteiger partial charge < -0.3 is 5.32 Å². The van der Waals surface area contributed by atoms with E-state index < -0.39 is 10.2 Å². The first-order valence-electron chi connectivity index (χ1n) is 7.55. The molecule has 2 aliphatic rings. The van der Waals surface area contributed by atoms with Gasteiger partial charge in [0.25, 0.3) is 10.2 Å². The van der Waals surface area contributed by atoms with E-state index in [2.05, 4.69) is 37.7 Å². The van der Waals surface area contributed by atoms with Crippen LogP contribution in [0.5, 0.6) is 0 Å². The molecule has 1 heterocycles. The molecule has 0 aromatic carbocycles. The third kappa shape index (κ3) is 2.75. The maximum Gasteiger partial charge on any atom is 0.279 e. The standard InChI is InChI=1S/C14H29N3O2S/c1-13(2)12(14(13,3)4)16-20(18,19)17-8-6-7-11(10-17)9-15-5/h11-12,15-16H,6-10H2,1-5H3. The maximum atomic E-state index is 12.6. The fourth-order valence-electron chi connectivity index (χ4n) is 3.41. The van der Waals surface area contributed by atoms with E-state index in [4.69, 9.17) is 0 Å². The topological polar surface area (TPSA) is 61.4 Å². The van der Waals surface area contributed by atoms with E-state index in [9.17, 15) is 8.42 Å². The number of rotatable bonds is 5. The summed E-state index contributed by atoms with van der Waals surface area (Å²) in [4.78, 5) is 0. The lowest BCUT2D eigenvalue weighted by molar-refractivity contribution is 0.260. The molecule has 0 amide bonds. The summed E-state index contributed by atoms with van der Waals surface area (Å²) in [5.74, 6) is 0.422. The Morgan fingerprint density at radius 3 is 2.30 bits per heavy atom. The third-order valence-electron chi connectivity index (χ3n) is 5.60. The lowest BCUT2D eigenvalue weighted by Crippen LogP contribution is -2.48. The lowest BCUT2D eigenvalue weighted by Gasteiger charge is -2.32. The van der Waals surface area contributed by atoms with Crippen molar-refractivity contribution in [2.24, 2.45) is 16.7 Å². The van der Waals surface area contributed by atoms with Crippen LogP contribution in [0.15, 0.2) is 0 Å². The molecule has 0 radical (unpaired) electrons. The van der Waals surface area contributed by atoms with Gasteiger partial charge in [-0.2, -0.15) is 17.4 Å². The van der Waals surface area contributed by atoms with Gasteiger partial charge in [0.1, 0.15) is 0 Å². The van der Waals surface area contributed by atoms with Gasteiger partial charge in [-0.25, -0.2) is 0 Å². The van der Waals surface area contributed by atoms with E-state index >= 15 is 0 Å². The molecule has 2 N–H and O–H groups in total. The average Bonchev–Trinajstić information content (AvgIpc) is 2.72. The molecule has 118 valence electrons. The number of nitrogens with one attached hydrogen (secondary N) is 2. The van der Waals surface area contributed by atoms with E-state index in [0.717, 1.165) is 19.4 Å². The van der Waals surface area contributed by atoms with Crippen molar-refractivity contribution in [2.75, 3.05) is 26.7 Å². The zero-order chi connectivity index (χ0) is 15.2. The molecule has 1 aliphatic carbocycles. The molecule has 1 unspecified atom stereocenters. The fourth-order valence-corrected chi connectivity index (χ4v) is 5.23. The Kier molecular flexibility index (Phi) is 4.24. The van der Waals surface area contributed by atoms with Crippen molar-refractivity contribution in [1.29, 1.82) is 0 Å². The molecule has 1 saturated heterocycles. The normalized spacial score (nSPS) is 30.4. The number of hydrogen-bond acceptors (Lipinski definition) is 3. The molecule has 5 nitrogen and oxygen atoms in total. The van der Waals surface area contributed by atoms with Crippen molar-refractivity contribution in [2.45, 2.75) is 46.6 Å². The fraction of sp³-hybridized carbons (Fsp3) is 1.00. The van der Waals surface area contributed by atoms with Crippen molar-refractivity contribution in [3.63, 3.8) is 0 Å². The Bertz CT molecular complexity index is 443. The van der Waals surface area contributed by atoms with Gasteiger partial charge in [-0.15, -0.1) is 0 Å². The van der Waals surface area contributed by atoms with Gasteiger partial charge in [-0.05, 0) is 43.2 Å². The highest BCUT2D eigenvalue weighted by Crippen LogP contribution is 2.62. The van der Waals surface area contributed by atoms with Gasteiger partial charge in [0, 0.05) is 19.1 Å².